The van der Waals surface area contributed by atoms with Crippen molar-refractivity contribution in [2.45, 2.75) is 39.8 Å². The van der Waals surface area contributed by atoms with E-state index < -0.39 is 0 Å². The zero-order valence-electron chi connectivity index (χ0n) is 18.7. The number of benzene rings is 1. The lowest BCUT2D eigenvalue weighted by molar-refractivity contribution is 0.0132. The van der Waals surface area contributed by atoms with Crippen LogP contribution in [0.4, 0.5) is 0 Å². The Bertz CT molecular complexity index is 663. The number of hydrogen-bond donors (Lipinski definition) is 3. The minimum atomic E-state index is -0.0806. The molecule has 0 spiro atoms. The van der Waals surface area contributed by atoms with Crippen molar-refractivity contribution in [3.05, 3.63) is 35.4 Å². The number of guanidine groups is 1. The lowest BCUT2D eigenvalue weighted by Gasteiger charge is -2.35. The molecule has 30 heavy (non-hydrogen) atoms. The second-order valence-corrected chi connectivity index (χ2v) is 7.79. The first-order chi connectivity index (χ1) is 14.0. The molecule has 1 saturated heterocycles. The molecule has 1 unspecified atom stereocenters. The molecule has 170 valence electrons. The molecule has 1 aliphatic heterocycles. The van der Waals surface area contributed by atoms with Crippen LogP contribution in [-0.2, 0) is 11.3 Å². The number of halogens is 1. The molecule has 1 heterocycles. The van der Waals surface area contributed by atoms with Gasteiger partial charge in [-0.2, -0.15) is 0 Å². The molecule has 0 aromatic heterocycles. The zero-order chi connectivity index (χ0) is 21.1. The van der Waals surface area contributed by atoms with Crippen molar-refractivity contribution in [3.8, 4) is 0 Å². The van der Waals surface area contributed by atoms with Gasteiger partial charge in [0.05, 0.1) is 19.8 Å². The Balaban J connectivity index is 0.00000450. The van der Waals surface area contributed by atoms with Gasteiger partial charge in [-0.3, -0.25) is 9.69 Å². The van der Waals surface area contributed by atoms with E-state index in [9.17, 15) is 4.79 Å². The third-order valence-electron chi connectivity index (χ3n) is 4.99. The molecule has 0 radical (unpaired) electrons. The first-order valence-electron chi connectivity index (χ1n) is 10.7. The molecule has 2 rings (SSSR count). The topological polar surface area (TPSA) is 78.0 Å². The Labute approximate surface area is 198 Å². The van der Waals surface area contributed by atoms with Crippen molar-refractivity contribution in [2.75, 3.05) is 46.4 Å². The van der Waals surface area contributed by atoms with Gasteiger partial charge in [-0.25, -0.2) is 4.99 Å². The Kier molecular flexibility index (Phi) is 13.0. The average Bonchev–Trinajstić information content (AvgIpc) is 2.74. The number of ether oxygens (including phenoxy) is 1. The Morgan fingerprint density at radius 3 is 2.60 bits per heavy atom. The predicted octanol–water partition coefficient (Wildman–Crippen LogP) is 2.47. The van der Waals surface area contributed by atoms with Crippen molar-refractivity contribution in [2.24, 2.45) is 10.9 Å². The van der Waals surface area contributed by atoms with E-state index in [1.165, 1.54) is 0 Å². The lowest BCUT2D eigenvalue weighted by atomic mass is 10.0. The summed E-state index contributed by atoms with van der Waals surface area (Å²) in [7, 11) is 1.64. The van der Waals surface area contributed by atoms with E-state index >= 15 is 0 Å². The highest BCUT2D eigenvalue weighted by Gasteiger charge is 2.22. The lowest BCUT2D eigenvalue weighted by Crippen LogP contribution is -2.51. The molecule has 8 heteroatoms. The van der Waals surface area contributed by atoms with Crippen LogP contribution in [0, 0.1) is 5.92 Å². The van der Waals surface area contributed by atoms with Crippen LogP contribution in [0.5, 0.6) is 0 Å². The third kappa shape index (κ3) is 9.18. The minimum Gasteiger partial charge on any atom is -0.379 e. The summed E-state index contributed by atoms with van der Waals surface area (Å²) < 4.78 is 5.51. The van der Waals surface area contributed by atoms with Gasteiger partial charge in [0, 0.05) is 44.8 Å². The van der Waals surface area contributed by atoms with Gasteiger partial charge >= 0.3 is 0 Å². The van der Waals surface area contributed by atoms with Gasteiger partial charge < -0.3 is 20.7 Å². The first-order valence-corrected chi connectivity index (χ1v) is 10.7. The average molecular weight is 531 g/mol. The van der Waals surface area contributed by atoms with Crippen LogP contribution in [0.1, 0.15) is 43.1 Å². The highest BCUT2D eigenvalue weighted by atomic mass is 127. The zero-order valence-corrected chi connectivity index (χ0v) is 21.1. The number of carbonyl (C=O) groups is 1. The number of morpholine rings is 1. The standard InChI is InChI=1S/C22H37N5O2.HI/c1-5-24-22(25-15-18-7-6-8-19(14-18)21(28)23-4)26-16-20(13-17(2)3)27-9-11-29-12-10-27;/h6-8,14,17,20H,5,9-13,15-16H2,1-4H3,(H,23,28)(H2,24,25,26);1H. The van der Waals surface area contributed by atoms with E-state index in [1.807, 2.05) is 24.3 Å². The SMILES string of the molecule is CCNC(=NCc1cccc(C(=O)NC)c1)NCC(CC(C)C)N1CCOCC1.I. The molecule has 0 bridgehead atoms. The van der Waals surface area contributed by atoms with Gasteiger partial charge in [0.1, 0.15) is 0 Å². The number of amides is 1. The molecule has 0 saturated carbocycles. The summed E-state index contributed by atoms with van der Waals surface area (Å²) in [4.78, 5) is 19.1. The molecule has 1 amide bonds. The maximum atomic E-state index is 11.8. The number of nitrogens with one attached hydrogen (secondary N) is 3. The summed E-state index contributed by atoms with van der Waals surface area (Å²) in [6.45, 7) is 12.4. The molecule has 1 fully saturated rings. The quantitative estimate of drug-likeness (QED) is 0.259. The Morgan fingerprint density at radius 2 is 1.97 bits per heavy atom. The molecule has 1 atom stereocenters. The van der Waals surface area contributed by atoms with Crippen LogP contribution < -0.4 is 16.0 Å². The van der Waals surface area contributed by atoms with Gasteiger partial charge in [-0.05, 0) is 37.0 Å². The predicted molar refractivity (Wildman–Crippen MR) is 134 cm³/mol. The van der Waals surface area contributed by atoms with Crippen LogP contribution in [0.25, 0.3) is 0 Å². The maximum Gasteiger partial charge on any atom is 0.251 e. The fraction of sp³-hybridized carbons (Fsp3) is 0.636. The monoisotopic (exact) mass is 531 g/mol. The van der Waals surface area contributed by atoms with Gasteiger partial charge in [0.15, 0.2) is 5.96 Å². The van der Waals surface area contributed by atoms with E-state index in [-0.39, 0.29) is 29.9 Å². The molecule has 7 nitrogen and oxygen atoms in total. The van der Waals surface area contributed by atoms with Crippen molar-refractivity contribution in [1.29, 1.82) is 0 Å². The van der Waals surface area contributed by atoms with E-state index in [1.54, 1.807) is 7.05 Å². The molecule has 0 aliphatic carbocycles. The summed E-state index contributed by atoms with van der Waals surface area (Å²) in [5.41, 5.74) is 1.66. The van der Waals surface area contributed by atoms with E-state index in [0.29, 0.717) is 24.1 Å². The number of nitrogens with zero attached hydrogens (tertiary/aromatic N) is 2. The second kappa shape index (κ2) is 14.6. The Hall–Kier alpha value is -1.39. The summed E-state index contributed by atoms with van der Waals surface area (Å²) in [6, 6.07) is 8.05. The summed E-state index contributed by atoms with van der Waals surface area (Å²) in [5.74, 6) is 1.36. The molecular weight excluding hydrogens is 493 g/mol. The third-order valence-corrected chi connectivity index (χ3v) is 4.99. The van der Waals surface area contributed by atoms with Crippen molar-refractivity contribution in [1.82, 2.24) is 20.9 Å². The molecular formula is C22H38IN5O2. The highest BCUT2D eigenvalue weighted by molar-refractivity contribution is 14.0. The fourth-order valence-corrected chi connectivity index (χ4v) is 3.53. The van der Waals surface area contributed by atoms with Crippen LogP contribution >= 0.6 is 24.0 Å². The van der Waals surface area contributed by atoms with Crippen LogP contribution in [0.2, 0.25) is 0 Å². The van der Waals surface area contributed by atoms with Crippen molar-refractivity contribution >= 4 is 35.8 Å². The number of aliphatic imine (C=N–C) groups is 1. The van der Waals surface area contributed by atoms with E-state index in [2.05, 4.69) is 41.6 Å². The number of hydrogen-bond acceptors (Lipinski definition) is 4. The normalized spacial score (nSPS) is 16.0. The summed E-state index contributed by atoms with van der Waals surface area (Å²) in [6.07, 6.45) is 1.14. The first kappa shape index (κ1) is 26.6. The molecule has 1 aliphatic rings. The summed E-state index contributed by atoms with van der Waals surface area (Å²) in [5, 5.41) is 9.51. The minimum absolute atomic E-state index is 0. The molecule has 1 aromatic rings. The van der Waals surface area contributed by atoms with Gasteiger partial charge in [0.2, 0.25) is 0 Å². The second-order valence-electron chi connectivity index (χ2n) is 7.79. The van der Waals surface area contributed by atoms with Crippen molar-refractivity contribution in [3.63, 3.8) is 0 Å². The highest BCUT2D eigenvalue weighted by Crippen LogP contribution is 2.13. The Morgan fingerprint density at radius 1 is 1.23 bits per heavy atom. The number of carbonyl (C=O) groups excluding carboxylic acids is 1. The van der Waals surface area contributed by atoms with Gasteiger partial charge in [-0.15, -0.1) is 24.0 Å². The van der Waals surface area contributed by atoms with Gasteiger partial charge in [0.25, 0.3) is 5.91 Å². The van der Waals surface area contributed by atoms with E-state index in [4.69, 9.17) is 9.73 Å². The summed E-state index contributed by atoms with van der Waals surface area (Å²) >= 11 is 0. The largest absolute Gasteiger partial charge is 0.379 e. The fourth-order valence-electron chi connectivity index (χ4n) is 3.53. The molecule has 3 N–H and O–H groups in total. The van der Waals surface area contributed by atoms with Crippen LogP contribution in [0.3, 0.4) is 0 Å². The van der Waals surface area contributed by atoms with Crippen LogP contribution in [0.15, 0.2) is 29.3 Å². The van der Waals surface area contributed by atoms with Gasteiger partial charge in [-0.1, -0.05) is 26.0 Å². The number of rotatable bonds is 9. The maximum absolute atomic E-state index is 11.8. The van der Waals surface area contributed by atoms with E-state index in [0.717, 1.165) is 57.3 Å². The smallest absolute Gasteiger partial charge is 0.251 e. The van der Waals surface area contributed by atoms with Crippen molar-refractivity contribution < 1.29 is 9.53 Å². The molecule has 1 aromatic carbocycles. The van der Waals surface area contributed by atoms with Crippen LogP contribution in [-0.4, -0.2) is 69.2 Å².